The second kappa shape index (κ2) is 5.12. The van der Waals surface area contributed by atoms with Crippen molar-refractivity contribution < 1.29 is 13.2 Å². The molecule has 0 saturated carbocycles. The van der Waals surface area contributed by atoms with Crippen LogP contribution in [0.3, 0.4) is 0 Å². The number of benzene rings is 1. The lowest BCUT2D eigenvalue weighted by Crippen LogP contribution is -1.94. The normalized spacial score (nSPS) is 10.4. The van der Waals surface area contributed by atoms with E-state index in [0.29, 0.717) is 5.56 Å². The van der Waals surface area contributed by atoms with Gasteiger partial charge in [-0.05, 0) is 22.7 Å². The summed E-state index contributed by atoms with van der Waals surface area (Å²) in [7, 11) is -2.40. The van der Waals surface area contributed by atoms with Crippen molar-refractivity contribution in [1.29, 1.82) is 0 Å². The van der Waals surface area contributed by atoms with Crippen molar-refractivity contribution in [2.75, 3.05) is 0 Å². The van der Waals surface area contributed by atoms with Gasteiger partial charge < -0.3 is 0 Å². The van der Waals surface area contributed by atoms with Gasteiger partial charge in [-0.15, -0.1) is 0 Å². The molecule has 1 aromatic rings. The summed E-state index contributed by atoms with van der Waals surface area (Å²) in [6, 6.07) is 6.77. The minimum Gasteiger partial charge on any atom is -0.281 e. The molecule has 1 rings (SSSR count). The van der Waals surface area contributed by atoms with Crippen molar-refractivity contribution in [3.63, 3.8) is 0 Å². The van der Waals surface area contributed by atoms with E-state index in [1.54, 1.807) is 24.3 Å². The van der Waals surface area contributed by atoms with Gasteiger partial charge in [0.25, 0.3) is 0 Å². The van der Waals surface area contributed by atoms with Crippen molar-refractivity contribution in [1.82, 2.24) is 0 Å². The fourth-order valence-corrected chi connectivity index (χ4v) is 1.74. The molecule has 0 heterocycles. The Morgan fingerprint density at radius 3 is 2.07 bits per heavy atom. The molecule has 0 unspecified atom stereocenters. The molecule has 0 amide bonds. The average molecular weight is 233 g/mol. The molecule has 14 heavy (non-hydrogen) atoms. The predicted molar refractivity (Wildman–Crippen MR) is 55.0 cm³/mol. The summed E-state index contributed by atoms with van der Waals surface area (Å²) in [5.41, 5.74) is 1.50. The van der Waals surface area contributed by atoms with Crippen LogP contribution >= 0.6 is 11.6 Å². The fourth-order valence-electron chi connectivity index (χ4n) is 1.07. The lowest BCUT2D eigenvalue weighted by atomic mass is 10.1. The van der Waals surface area contributed by atoms with Crippen LogP contribution in [0.1, 0.15) is 11.1 Å². The summed E-state index contributed by atoms with van der Waals surface area (Å²) in [4.78, 5) is 10.5. The van der Waals surface area contributed by atoms with Gasteiger partial charge in [-0.1, -0.05) is 24.3 Å². The van der Waals surface area contributed by atoms with Gasteiger partial charge in [0, 0.05) is 6.42 Å². The molecule has 5 heteroatoms. The van der Waals surface area contributed by atoms with Gasteiger partial charge in [0.2, 0.25) is 5.24 Å². The predicted octanol–water partition coefficient (Wildman–Crippen LogP) is 1.11. The van der Waals surface area contributed by atoms with Crippen LogP contribution in [0.5, 0.6) is 0 Å². The Balaban J connectivity index is 2.73. The molecule has 3 nitrogen and oxygen atoms in total. The molecule has 0 spiro atoms. The van der Waals surface area contributed by atoms with Crippen molar-refractivity contribution >= 4 is 27.5 Å². The summed E-state index contributed by atoms with van der Waals surface area (Å²) in [5.74, 6) is 0.0322. The third-order valence-corrected chi connectivity index (χ3v) is 2.43. The molecular formula is C9H9ClO3S. The zero-order valence-corrected chi connectivity index (χ0v) is 8.92. The number of rotatable bonds is 4. The van der Waals surface area contributed by atoms with Gasteiger partial charge in [0.1, 0.15) is 10.7 Å². The number of hydrogen-bond donors (Lipinski definition) is 1. The van der Waals surface area contributed by atoms with E-state index in [4.69, 9.17) is 11.6 Å². The molecule has 0 N–H and O–H groups in total. The molecule has 0 aliphatic carbocycles. The molecule has 0 radical (unpaired) electrons. The second-order valence-electron chi connectivity index (χ2n) is 2.84. The van der Waals surface area contributed by atoms with Gasteiger partial charge in [-0.2, -0.15) is 0 Å². The molecular weight excluding hydrogens is 224 g/mol. The van der Waals surface area contributed by atoms with Gasteiger partial charge in [-0.25, -0.2) is 8.42 Å². The van der Waals surface area contributed by atoms with E-state index in [0.717, 1.165) is 5.56 Å². The third kappa shape index (κ3) is 3.89. The Kier molecular flexibility index (Phi) is 4.10. The van der Waals surface area contributed by atoms with Crippen molar-refractivity contribution in [2.24, 2.45) is 0 Å². The molecule has 0 fully saturated rings. The van der Waals surface area contributed by atoms with Gasteiger partial charge in [-0.3, -0.25) is 4.79 Å². The Bertz CT molecular complexity index is 387. The minimum absolute atomic E-state index is 0.0322. The van der Waals surface area contributed by atoms with Crippen molar-refractivity contribution in [2.45, 2.75) is 12.2 Å². The smallest absolute Gasteiger partial charge is 0.226 e. The Hall–Kier alpha value is -0.870. The van der Waals surface area contributed by atoms with Gasteiger partial charge in [0.15, 0.2) is 0 Å². The van der Waals surface area contributed by atoms with Crippen LogP contribution in [0.2, 0.25) is 0 Å². The Morgan fingerprint density at radius 1 is 1.14 bits per heavy atom. The maximum atomic E-state index is 10.5. The monoisotopic (exact) mass is 232 g/mol. The highest BCUT2D eigenvalue weighted by molar-refractivity contribution is 7.71. The van der Waals surface area contributed by atoms with Crippen LogP contribution in [0.4, 0.5) is 0 Å². The zero-order valence-electron chi connectivity index (χ0n) is 7.27. The summed E-state index contributed by atoms with van der Waals surface area (Å²) in [6.45, 7) is 0. The first-order valence-electron chi connectivity index (χ1n) is 3.96. The first-order valence-corrected chi connectivity index (χ1v) is 5.70. The van der Waals surface area contributed by atoms with E-state index in [1.165, 1.54) is 0 Å². The standard InChI is InChI=1S/C9H9ClO3S/c10-9(11)5-7-1-3-8(4-2-7)6-14(12)13/h1-4,14H,5-6H2. The van der Waals surface area contributed by atoms with Gasteiger partial charge in [0.05, 0.1) is 5.75 Å². The number of halogens is 1. The number of thiol groups is 1. The number of hydrogen-bond acceptors (Lipinski definition) is 3. The van der Waals surface area contributed by atoms with E-state index in [-0.39, 0.29) is 12.2 Å². The topological polar surface area (TPSA) is 51.2 Å². The van der Waals surface area contributed by atoms with E-state index in [1.807, 2.05) is 0 Å². The highest BCUT2D eigenvalue weighted by Crippen LogP contribution is 2.07. The summed E-state index contributed by atoms with van der Waals surface area (Å²) < 4.78 is 20.8. The van der Waals surface area contributed by atoms with Crippen LogP contribution in [0, 0.1) is 0 Å². The van der Waals surface area contributed by atoms with E-state index < -0.39 is 15.9 Å². The first kappa shape index (κ1) is 11.2. The van der Waals surface area contributed by atoms with Crippen LogP contribution in [-0.4, -0.2) is 13.7 Å². The number of carbonyl (C=O) groups excluding carboxylic acids is 1. The Labute approximate surface area is 88.6 Å². The minimum atomic E-state index is -2.40. The van der Waals surface area contributed by atoms with Crippen LogP contribution in [0.15, 0.2) is 24.3 Å². The van der Waals surface area contributed by atoms with Crippen molar-refractivity contribution in [3.05, 3.63) is 35.4 Å². The van der Waals surface area contributed by atoms with Crippen LogP contribution in [0.25, 0.3) is 0 Å². The van der Waals surface area contributed by atoms with E-state index in [2.05, 4.69) is 0 Å². The van der Waals surface area contributed by atoms with E-state index in [9.17, 15) is 13.2 Å². The third-order valence-electron chi connectivity index (χ3n) is 1.68. The molecule has 76 valence electrons. The van der Waals surface area contributed by atoms with Gasteiger partial charge >= 0.3 is 0 Å². The Morgan fingerprint density at radius 2 is 1.64 bits per heavy atom. The molecule has 0 aliphatic rings. The highest BCUT2D eigenvalue weighted by Gasteiger charge is 2.00. The van der Waals surface area contributed by atoms with E-state index >= 15 is 0 Å². The molecule has 0 bridgehead atoms. The largest absolute Gasteiger partial charge is 0.281 e. The first-order chi connectivity index (χ1) is 6.58. The summed E-state index contributed by atoms with van der Waals surface area (Å²) in [5, 5.41) is -0.423. The molecule has 0 saturated heterocycles. The fraction of sp³-hybridized carbons (Fsp3) is 0.222. The lowest BCUT2D eigenvalue weighted by molar-refractivity contribution is -0.111. The average Bonchev–Trinajstić information content (AvgIpc) is 2.06. The van der Waals surface area contributed by atoms with Crippen molar-refractivity contribution in [3.8, 4) is 0 Å². The maximum absolute atomic E-state index is 10.5. The second-order valence-corrected chi connectivity index (χ2v) is 4.24. The molecule has 0 atom stereocenters. The quantitative estimate of drug-likeness (QED) is 0.625. The lowest BCUT2D eigenvalue weighted by Gasteiger charge is -1.98. The van der Waals surface area contributed by atoms with Crippen LogP contribution < -0.4 is 0 Å². The molecule has 1 aromatic carbocycles. The highest BCUT2D eigenvalue weighted by atomic mass is 35.5. The SMILES string of the molecule is O=C(Cl)Cc1ccc(C[SH](=O)=O)cc1. The summed E-state index contributed by atoms with van der Waals surface area (Å²) in [6.07, 6.45) is 0.172. The summed E-state index contributed by atoms with van der Waals surface area (Å²) >= 11 is 5.20. The number of carbonyl (C=O) groups is 1. The zero-order chi connectivity index (χ0) is 10.6. The molecule has 0 aliphatic heterocycles. The van der Waals surface area contributed by atoms with Crippen LogP contribution in [-0.2, 0) is 27.7 Å². The molecule has 0 aromatic heterocycles. The maximum Gasteiger partial charge on any atom is 0.226 e.